The van der Waals surface area contributed by atoms with Gasteiger partial charge in [0.1, 0.15) is 11.5 Å². The van der Waals surface area contributed by atoms with E-state index in [0.29, 0.717) is 0 Å². The van der Waals surface area contributed by atoms with E-state index >= 15 is 0 Å². The second-order valence-electron chi connectivity index (χ2n) is 6.84. The third-order valence-corrected chi connectivity index (χ3v) is 4.78. The number of benzene rings is 2. The van der Waals surface area contributed by atoms with E-state index in [1.54, 1.807) is 12.3 Å². The molecule has 0 aliphatic carbocycles. The molecule has 1 N–H and O–H groups in total. The Labute approximate surface area is 162 Å². The second-order valence-corrected chi connectivity index (χ2v) is 6.84. The number of halogens is 1. The van der Waals surface area contributed by atoms with Gasteiger partial charge >= 0.3 is 0 Å². The first-order chi connectivity index (χ1) is 13.6. The van der Waals surface area contributed by atoms with Gasteiger partial charge in [-0.1, -0.05) is 35.9 Å². The molecule has 0 aliphatic heterocycles. The lowest BCUT2D eigenvalue weighted by atomic mass is 9.92. The standard InChI is InChI=1S/C23H20FN3O/c1-16-8-10-19(11-9-16)26-23(28)14-20(17-5-4-6-18(24)13-17)21-15-25-22-7-2-3-12-27(21)22/h2-13,15,20H,14H2,1H3,(H,26,28). The van der Waals surface area contributed by atoms with Crippen molar-refractivity contribution in [1.82, 2.24) is 9.38 Å². The summed E-state index contributed by atoms with van der Waals surface area (Å²) in [6, 6.07) is 19.8. The Morgan fingerprint density at radius 2 is 1.93 bits per heavy atom. The third-order valence-electron chi connectivity index (χ3n) is 4.78. The lowest BCUT2D eigenvalue weighted by Crippen LogP contribution is -2.17. The van der Waals surface area contributed by atoms with Crippen LogP contribution in [0.1, 0.15) is 29.2 Å². The van der Waals surface area contributed by atoms with Crippen LogP contribution in [0.3, 0.4) is 0 Å². The summed E-state index contributed by atoms with van der Waals surface area (Å²) < 4.78 is 15.8. The number of amides is 1. The number of carbonyl (C=O) groups excluding carboxylic acids is 1. The Morgan fingerprint density at radius 3 is 2.71 bits per heavy atom. The Hall–Kier alpha value is -3.47. The lowest BCUT2D eigenvalue weighted by Gasteiger charge is -2.17. The van der Waals surface area contributed by atoms with Crippen LogP contribution in [0, 0.1) is 12.7 Å². The van der Waals surface area contributed by atoms with Crippen LogP contribution in [0.2, 0.25) is 0 Å². The van der Waals surface area contributed by atoms with Crippen LogP contribution in [-0.2, 0) is 4.79 Å². The molecule has 0 aliphatic rings. The highest BCUT2D eigenvalue weighted by molar-refractivity contribution is 5.91. The fourth-order valence-electron chi connectivity index (χ4n) is 3.36. The lowest BCUT2D eigenvalue weighted by molar-refractivity contribution is -0.116. The maximum Gasteiger partial charge on any atom is 0.225 e. The summed E-state index contributed by atoms with van der Waals surface area (Å²) in [6.07, 6.45) is 3.84. The van der Waals surface area contributed by atoms with Crippen LogP contribution in [-0.4, -0.2) is 15.3 Å². The highest BCUT2D eigenvalue weighted by atomic mass is 19.1. The molecule has 28 heavy (non-hydrogen) atoms. The predicted molar refractivity (Wildman–Crippen MR) is 108 cm³/mol. The number of hydrogen-bond donors (Lipinski definition) is 1. The molecule has 140 valence electrons. The summed E-state index contributed by atoms with van der Waals surface area (Å²) in [6.45, 7) is 2.00. The molecule has 4 aromatic rings. The predicted octanol–water partition coefficient (Wildman–Crippen LogP) is 4.94. The van der Waals surface area contributed by atoms with E-state index in [1.165, 1.54) is 12.1 Å². The van der Waals surface area contributed by atoms with Crippen molar-refractivity contribution in [3.8, 4) is 0 Å². The molecule has 5 heteroatoms. The number of anilines is 1. The molecule has 4 rings (SSSR count). The second kappa shape index (κ2) is 7.64. The quantitative estimate of drug-likeness (QED) is 0.538. The number of imidazole rings is 1. The zero-order valence-electron chi connectivity index (χ0n) is 15.5. The van der Waals surface area contributed by atoms with Gasteiger partial charge in [0.05, 0.1) is 5.69 Å². The van der Waals surface area contributed by atoms with E-state index in [0.717, 1.165) is 28.2 Å². The minimum absolute atomic E-state index is 0.135. The first-order valence-corrected chi connectivity index (χ1v) is 9.14. The maximum atomic E-state index is 13.9. The summed E-state index contributed by atoms with van der Waals surface area (Å²) in [4.78, 5) is 17.2. The van der Waals surface area contributed by atoms with Crippen molar-refractivity contribution in [3.63, 3.8) is 0 Å². The van der Waals surface area contributed by atoms with Gasteiger partial charge in [0.2, 0.25) is 5.91 Å². The SMILES string of the molecule is Cc1ccc(NC(=O)CC(c2cccc(F)c2)c2cnc3ccccn23)cc1. The molecule has 0 spiro atoms. The van der Waals surface area contributed by atoms with Crippen LogP contribution >= 0.6 is 0 Å². The van der Waals surface area contributed by atoms with Gasteiger partial charge in [0.15, 0.2) is 0 Å². The van der Waals surface area contributed by atoms with Crippen molar-refractivity contribution < 1.29 is 9.18 Å². The molecule has 0 radical (unpaired) electrons. The van der Waals surface area contributed by atoms with Crippen LogP contribution in [0.15, 0.2) is 79.1 Å². The fraction of sp³-hybridized carbons (Fsp3) is 0.130. The van der Waals surface area contributed by atoms with Crippen LogP contribution in [0.5, 0.6) is 0 Å². The average molecular weight is 373 g/mol. The van der Waals surface area contributed by atoms with Crippen molar-refractivity contribution >= 4 is 17.2 Å². The van der Waals surface area contributed by atoms with Crippen molar-refractivity contribution in [1.29, 1.82) is 0 Å². The molecule has 0 saturated heterocycles. The number of hydrogen-bond acceptors (Lipinski definition) is 2. The molecule has 2 aromatic heterocycles. The Morgan fingerprint density at radius 1 is 1.11 bits per heavy atom. The van der Waals surface area contributed by atoms with Crippen molar-refractivity contribution in [2.75, 3.05) is 5.32 Å². The van der Waals surface area contributed by atoms with Crippen LogP contribution in [0.4, 0.5) is 10.1 Å². The Balaban J connectivity index is 1.67. The summed E-state index contributed by atoms with van der Waals surface area (Å²) in [5, 5.41) is 2.93. The minimum atomic E-state index is -0.324. The van der Waals surface area contributed by atoms with Gasteiger partial charge in [0.25, 0.3) is 0 Å². The Bertz CT molecular complexity index is 1120. The summed E-state index contributed by atoms with van der Waals surface area (Å²) in [5.41, 5.74) is 4.25. The highest BCUT2D eigenvalue weighted by Crippen LogP contribution is 2.29. The van der Waals surface area contributed by atoms with Crippen molar-refractivity contribution in [3.05, 3.63) is 102 Å². The van der Waals surface area contributed by atoms with E-state index in [2.05, 4.69) is 10.3 Å². The first-order valence-electron chi connectivity index (χ1n) is 9.14. The molecule has 1 unspecified atom stereocenters. The number of fused-ring (bicyclic) bond motifs is 1. The number of nitrogens with one attached hydrogen (secondary N) is 1. The zero-order valence-corrected chi connectivity index (χ0v) is 15.5. The molecular weight excluding hydrogens is 353 g/mol. The minimum Gasteiger partial charge on any atom is -0.326 e. The van der Waals surface area contributed by atoms with Gasteiger partial charge in [-0.2, -0.15) is 0 Å². The third kappa shape index (κ3) is 3.78. The number of rotatable bonds is 5. The summed E-state index contributed by atoms with van der Waals surface area (Å²) in [5.74, 6) is -0.780. The maximum absolute atomic E-state index is 13.9. The number of carbonyl (C=O) groups is 1. The normalized spacial score (nSPS) is 12.1. The molecule has 2 aromatic carbocycles. The van der Waals surface area contributed by atoms with Crippen LogP contribution < -0.4 is 5.32 Å². The van der Waals surface area contributed by atoms with E-state index in [4.69, 9.17) is 0 Å². The molecule has 2 heterocycles. The summed E-state index contributed by atoms with van der Waals surface area (Å²) >= 11 is 0. The fourth-order valence-corrected chi connectivity index (χ4v) is 3.36. The van der Waals surface area contributed by atoms with Gasteiger partial charge in [-0.15, -0.1) is 0 Å². The molecule has 1 atom stereocenters. The first kappa shape index (κ1) is 17.9. The molecule has 4 nitrogen and oxygen atoms in total. The van der Waals surface area contributed by atoms with Gasteiger partial charge in [-0.05, 0) is 48.9 Å². The van der Waals surface area contributed by atoms with Crippen molar-refractivity contribution in [2.24, 2.45) is 0 Å². The number of aryl methyl sites for hydroxylation is 1. The topological polar surface area (TPSA) is 46.4 Å². The number of pyridine rings is 1. The molecule has 0 fully saturated rings. The average Bonchev–Trinajstić information content (AvgIpc) is 3.12. The van der Waals surface area contributed by atoms with E-state index in [9.17, 15) is 9.18 Å². The van der Waals surface area contributed by atoms with Gasteiger partial charge < -0.3 is 9.72 Å². The molecular formula is C23H20FN3O. The molecule has 1 amide bonds. The number of aromatic nitrogens is 2. The smallest absolute Gasteiger partial charge is 0.225 e. The van der Waals surface area contributed by atoms with Gasteiger partial charge in [0, 0.05) is 30.4 Å². The number of nitrogens with zero attached hydrogens (tertiary/aromatic N) is 2. The van der Waals surface area contributed by atoms with Crippen molar-refractivity contribution in [2.45, 2.75) is 19.3 Å². The summed E-state index contributed by atoms with van der Waals surface area (Å²) in [7, 11) is 0. The van der Waals surface area contributed by atoms with Gasteiger partial charge in [-0.3, -0.25) is 4.79 Å². The highest BCUT2D eigenvalue weighted by Gasteiger charge is 2.22. The van der Waals surface area contributed by atoms with E-state index < -0.39 is 0 Å². The largest absolute Gasteiger partial charge is 0.326 e. The molecule has 0 bridgehead atoms. The van der Waals surface area contributed by atoms with E-state index in [1.807, 2.05) is 66.1 Å². The Kier molecular flexibility index (Phi) is 4.89. The van der Waals surface area contributed by atoms with Gasteiger partial charge in [-0.25, -0.2) is 9.37 Å². The van der Waals surface area contributed by atoms with Crippen LogP contribution in [0.25, 0.3) is 5.65 Å². The van der Waals surface area contributed by atoms with E-state index in [-0.39, 0.29) is 24.1 Å². The molecule has 0 saturated carbocycles. The zero-order chi connectivity index (χ0) is 19.5. The monoisotopic (exact) mass is 373 g/mol.